The molecule has 0 unspecified atom stereocenters. The number of carbonyl (C=O) groups is 1. The van der Waals surface area contributed by atoms with E-state index in [-0.39, 0.29) is 11.8 Å². The van der Waals surface area contributed by atoms with E-state index < -0.39 is 0 Å². The molecule has 3 aromatic rings. The normalized spacial score (nSPS) is 13.8. The van der Waals surface area contributed by atoms with Gasteiger partial charge in [0, 0.05) is 31.0 Å². The first-order valence-corrected chi connectivity index (χ1v) is 9.32. The van der Waals surface area contributed by atoms with Gasteiger partial charge in [0.05, 0.1) is 11.4 Å². The van der Waals surface area contributed by atoms with Gasteiger partial charge in [-0.05, 0) is 60.7 Å². The number of hydrogen-bond acceptors (Lipinski definition) is 5. The van der Waals surface area contributed by atoms with Crippen LogP contribution in [0.2, 0.25) is 0 Å². The molecular formula is C21H21FN6O. The molecule has 0 saturated carbocycles. The van der Waals surface area contributed by atoms with Gasteiger partial charge >= 0.3 is 6.03 Å². The number of nitrogens with one attached hydrogen (secondary N) is 1. The van der Waals surface area contributed by atoms with Crippen LogP contribution >= 0.6 is 0 Å². The summed E-state index contributed by atoms with van der Waals surface area (Å²) in [4.78, 5) is 26.8. The average Bonchev–Trinajstić information content (AvgIpc) is 2.67. The molecule has 1 saturated heterocycles. The van der Waals surface area contributed by atoms with E-state index in [2.05, 4.69) is 20.3 Å². The van der Waals surface area contributed by atoms with Crippen LogP contribution in [-0.4, -0.2) is 39.0 Å². The van der Waals surface area contributed by atoms with Crippen molar-refractivity contribution in [2.45, 2.75) is 13.3 Å². The molecule has 8 heteroatoms. The number of benzene rings is 1. The predicted octanol–water partition coefficient (Wildman–Crippen LogP) is 3.27. The van der Waals surface area contributed by atoms with E-state index in [4.69, 9.17) is 5.73 Å². The topological polar surface area (TPSA) is 97.0 Å². The Morgan fingerprint density at radius 3 is 2.72 bits per heavy atom. The number of carbonyl (C=O) groups excluding carboxylic acids is 1. The zero-order chi connectivity index (χ0) is 20.4. The second-order valence-electron chi connectivity index (χ2n) is 7.25. The fraction of sp³-hybridized carbons (Fsp3) is 0.238. The quantitative estimate of drug-likeness (QED) is 0.710. The molecule has 7 nitrogen and oxygen atoms in total. The average molecular weight is 392 g/mol. The molecule has 1 aromatic carbocycles. The van der Waals surface area contributed by atoms with Crippen molar-refractivity contribution in [3.63, 3.8) is 0 Å². The lowest BCUT2D eigenvalue weighted by Crippen LogP contribution is -2.52. The number of nitrogens with zero attached hydrogens (tertiary/aromatic N) is 4. The summed E-state index contributed by atoms with van der Waals surface area (Å²) in [5.74, 6) is 0.381. The van der Waals surface area contributed by atoms with Crippen molar-refractivity contribution in [3.8, 4) is 11.3 Å². The van der Waals surface area contributed by atoms with Crippen LogP contribution in [0.3, 0.4) is 0 Å². The molecule has 2 amide bonds. The maximum atomic E-state index is 13.4. The van der Waals surface area contributed by atoms with Gasteiger partial charge in [-0.15, -0.1) is 0 Å². The largest absolute Gasteiger partial charge is 0.396 e. The molecule has 148 valence electrons. The summed E-state index contributed by atoms with van der Waals surface area (Å²) in [6.07, 6.45) is 5.93. The van der Waals surface area contributed by atoms with Crippen LogP contribution < -0.4 is 11.1 Å². The Kier molecular flexibility index (Phi) is 5.07. The molecule has 29 heavy (non-hydrogen) atoms. The van der Waals surface area contributed by atoms with Crippen molar-refractivity contribution in [1.29, 1.82) is 0 Å². The Morgan fingerprint density at radius 2 is 2.00 bits per heavy atom. The minimum absolute atomic E-state index is 0.238. The molecule has 1 fully saturated rings. The summed E-state index contributed by atoms with van der Waals surface area (Å²) in [5, 5.41) is 2.79. The van der Waals surface area contributed by atoms with E-state index >= 15 is 0 Å². The molecule has 3 heterocycles. The lowest BCUT2D eigenvalue weighted by atomic mass is 9.94. The molecule has 0 aliphatic carbocycles. The van der Waals surface area contributed by atoms with Gasteiger partial charge in [-0.3, -0.25) is 5.32 Å². The number of nitrogen functional groups attached to an aromatic ring is 1. The number of rotatable bonds is 4. The summed E-state index contributed by atoms with van der Waals surface area (Å²) < 4.78 is 13.4. The molecule has 2 aromatic heterocycles. The Bertz CT molecular complexity index is 1040. The van der Waals surface area contributed by atoms with Gasteiger partial charge in [0.25, 0.3) is 0 Å². The Morgan fingerprint density at radius 1 is 1.24 bits per heavy atom. The molecule has 0 radical (unpaired) electrons. The molecule has 1 aliphatic rings. The maximum Gasteiger partial charge on any atom is 0.323 e. The highest BCUT2D eigenvalue weighted by molar-refractivity contribution is 5.92. The lowest BCUT2D eigenvalue weighted by molar-refractivity contribution is 0.131. The lowest BCUT2D eigenvalue weighted by Gasteiger charge is -2.39. The van der Waals surface area contributed by atoms with Gasteiger partial charge in [-0.2, -0.15) is 0 Å². The van der Waals surface area contributed by atoms with Crippen molar-refractivity contribution in [1.82, 2.24) is 19.9 Å². The number of likely N-dealkylation sites (tertiary alicyclic amines) is 1. The van der Waals surface area contributed by atoms with Gasteiger partial charge in [0.15, 0.2) is 5.82 Å². The summed E-state index contributed by atoms with van der Waals surface area (Å²) >= 11 is 0. The number of amides is 2. The third kappa shape index (κ3) is 4.16. The number of halogens is 1. The summed E-state index contributed by atoms with van der Waals surface area (Å²) in [7, 11) is 0. The number of nitrogens with two attached hydrogens (primary N) is 1. The summed E-state index contributed by atoms with van der Waals surface area (Å²) in [6.45, 7) is 3.11. The summed E-state index contributed by atoms with van der Waals surface area (Å²) in [5.41, 5.74) is 9.60. The SMILES string of the molecule is Cc1cc(F)ccc1-c1ccc(N)c(NC(=O)N2CC(Cc3cncnc3)C2)n1. The first-order valence-electron chi connectivity index (χ1n) is 9.32. The van der Waals surface area contributed by atoms with Crippen LogP contribution in [0.5, 0.6) is 0 Å². The third-order valence-corrected chi connectivity index (χ3v) is 5.00. The van der Waals surface area contributed by atoms with Crippen molar-refractivity contribution in [3.05, 3.63) is 66.0 Å². The van der Waals surface area contributed by atoms with E-state index in [9.17, 15) is 9.18 Å². The zero-order valence-corrected chi connectivity index (χ0v) is 16.0. The number of hydrogen-bond donors (Lipinski definition) is 2. The molecular weight excluding hydrogens is 371 g/mol. The van der Waals surface area contributed by atoms with Gasteiger partial charge < -0.3 is 10.6 Å². The third-order valence-electron chi connectivity index (χ3n) is 5.00. The van der Waals surface area contributed by atoms with Gasteiger partial charge in [-0.25, -0.2) is 24.1 Å². The van der Waals surface area contributed by atoms with Crippen LogP contribution in [0.4, 0.5) is 20.7 Å². The Balaban J connectivity index is 1.41. The maximum absolute atomic E-state index is 13.4. The second-order valence-corrected chi connectivity index (χ2v) is 7.25. The highest BCUT2D eigenvalue weighted by Gasteiger charge is 2.31. The second kappa shape index (κ2) is 7.83. The van der Waals surface area contributed by atoms with Crippen molar-refractivity contribution < 1.29 is 9.18 Å². The fourth-order valence-electron chi connectivity index (χ4n) is 3.45. The molecule has 0 spiro atoms. The van der Waals surface area contributed by atoms with Gasteiger partial charge in [0.1, 0.15) is 12.1 Å². The number of anilines is 2. The minimum atomic E-state index is -0.301. The van der Waals surface area contributed by atoms with E-state index in [1.807, 2.05) is 6.92 Å². The van der Waals surface area contributed by atoms with E-state index in [1.165, 1.54) is 18.5 Å². The predicted molar refractivity (Wildman–Crippen MR) is 109 cm³/mol. The zero-order valence-electron chi connectivity index (χ0n) is 16.0. The standard InChI is InChI=1S/C21H21FN6O/c1-13-6-16(22)2-3-17(13)19-5-4-18(23)20(26-19)27-21(29)28-10-15(11-28)7-14-8-24-12-25-9-14/h2-6,8-9,12,15H,7,10-11,23H2,1H3,(H,26,27,29). The molecule has 0 bridgehead atoms. The van der Waals surface area contributed by atoms with Crippen molar-refractivity contribution >= 4 is 17.5 Å². The number of pyridine rings is 1. The van der Waals surface area contributed by atoms with Gasteiger partial charge in [0.2, 0.25) is 0 Å². The van der Waals surface area contributed by atoms with Crippen molar-refractivity contribution in [2.75, 3.05) is 24.1 Å². The van der Waals surface area contributed by atoms with E-state index in [0.717, 1.165) is 23.1 Å². The number of urea groups is 1. The number of aryl methyl sites for hydroxylation is 1. The van der Waals surface area contributed by atoms with Crippen LogP contribution in [0.1, 0.15) is 11.1 Å². The van der Waals surface area contributed by atoms with E-state index in [1.54, 1.807) is 35.5 Å². The Labute approximate surface area is 167 Å². The van der Waals surface area contributed by atoms with Gasteiger partial charge in [-0.1, -0.05) is 0 Å². The molecule has 1 aliphatic heterocycles. The highest BCUT2D eigenvalue weighted by Crippen LogP contribution is 2.27. The van der Waals surface area contributed by atoms with Crippen molar-refractivity contribution in [2.24, 2.45) is 5.92 Å². The van der Waals surface area contributed by atoms with Crippen LogP contribution in [-0.2, 0) is 6.42 Å². The molecule has 4 rings (SSSR count). The fourth-order valence-corrected chi connectivity index (χ4v) is 3.45. The van der Waals surface area contributed by atoms with Crippen LogP contribution in [0, 0.1) is 18.7 Å². The summed E-state index contributed by atoms with van der Waals surface area (Å²) in [6, 6.07) is 7.71. The molecule has 0 atom stereocenters. The number of aromatic nitrogens is 3. The monoisotopic (exact) mass is 392 g/mol. The van der Waals surface area contributed by atoms with Crippen LogP contribution in [0.25, 0.3) is 11.3 Å². The minimum Gasteiger partial charge on any atom is -0.396 e. The first-order chi connectivity index (χ1) is 14.0. The first kappa shape index (κ1) is 18.8. The van der Waals surface area contributed by atoms with Crippen LogP contribution in [0.15, 0.2) is 49.1 Å². The Hall–Kier alpha value is -3.55. The smallest absolute Gasteiger partial charge is 0.323 e. The molecule has 3 N–H and O–H groups in total. The van der Waals surface area contributed by atoms with E-state index in [0.29, 0.717) is 36.2 Å². The highest BCUT2D eigenvalue weighted by atomic mass is 19.1.